The van der Waals surface area contributed by atoms with Crippen LogP contribution in [0.3, 0.4) is 0 Å². The van der Waals surface area contributed by atoms with Gasteiger partial charge in [0.15, 0.2) is 0 Å². The molecule has 1 aliphatic rings. The fourth-order valence-electron chi connectivity index (χ4n) is 1.86. The van der Waals surface area contributed by atoms with Gasteiger partial charge in [0.1, 0.15) is 0 Å². The van der Waals surface area contributed by atoms with Gasteiger partial charge in [-0.1, -0.05) is 5.57 Å². The summed E-state index contributed by atoms with van der Waals surface area (Å²) in [5, 5.41) is 0. The maximum absolute atomic E-state index is 12.5. The fraction of sp³-hybridized carbons (Fsp3) is 0.727. The Bertz CT molecular complexity index is 281. The van der Waals surface area contributed by atoms with Crippen molar-refractivity contribution in [1.29, 1.82) is 0 Å². The maximum Gasteiger partial charge on any atom is 0.392 e. The van der Waals surface area contributed by atoms with Crippen LogP contribution in [0, 0.1) is 5.92 Å². The molecule has 2 nitrogen and oxygen atoms in total. The van der Waals surface area contributed by atoms with E-state index in [0.717, 1.165) is 0 Å². The summed E-state index contributed by atoms with van der Waals surface area (Å²) in [5.41, 5.74) is 0.548. The van der Waals surface area contributed by atoms with Crippen LogP contribution >= 0.6 is 0 Å². The molecule has 0 amide bonds. The Morgan fingerprint density at radius 2 is 2.25 bits per heavy atom. The molecular weight excluding hydrogens is 221 g/mol. The standard InChI is InChI=1S/C11H15F3O2/c1-2-16-10(15)7-8-4-3-5-9(6-8)11(12,13)14/h7,9H,2-6H2,1H3. The van der Waals surface area contributed by atoms with E-state index in [-0.39, 0.29) is 19.4 Å². The van der Waals surface area contributed by atoms with Gasteiger partial charge in [-0.25, -0.2) is 4.79 Å². The molecule has 1 aliphatic carbocycles. The summed E-state index contributed by atoms with van der Waals surface area (Å²) in [5.74, 6) is -1.85. The molecule has 1 atom stereocenters. The number of carbonyl (C=O) groups excluding carboxylic acids is 1. The minimum Gasteiger partial charge on any atom is -0.463 e. The molecular formula is C11H15F3O2. The zero-order valence-electron chi connectivity index (χ0n) is 9.14. The van der Waals surface area contributed by atoms with Crippen molar-refractivity contribution in [3.8, 4) is 0 Å². The topological polar surface area (TPSA) is 26.3 Å². The molecule has 0 N–H and O–H groups in total. The summed E-state index contributed by atoms with van der Waals surface area (Å²) >= 11 is 0. The van der Waals surface area contributed by atoms with Crippen molar-refractivity contribution < 1.29 is 22.7 Å². The second-order valence-corrected chi connectivity index (χ2v) is 3.89. The number of carbonyl (C=O) groups is 1. The van der Waals surface area contributed by atoms with Crippen LogP contribution in [0.4, 0.5) is 13.2 Å². The highest BCUT2D eigenvalue weighted by molar-refractivity contribution is 5.82. The van der Waals surface area contributed by atoms with Gasteiger partial charge in [-0.3, -0.25) is 0 Å². The number of hydrogen-bond acceptors (Lipinski definition) is 2. The highest BCUT2D eigenvalue weighted by Gasteiger charge is 2.40. The van der Waals surface area contributed by atoms with E-state index in [9.17, 15) is 18.0 Å². The molecule has 0 spiro atoms. The van der Waals surface area contributed by atoms with Crippen molar-refractivity contribution in [3.63, 3.8) is 0 Å². The number of halogens is 3. The normalized spacial score (nSPS) is 24.5. The monoisotopic (exact) mass is 236 g/mol. The quantitative estimate of drug-likeness (QED) is 0.543. The lowest BCUT2D eigenvalue weighted by molar-refractivity contribution is -0.178. The van der Waals surface area contributed by atoms with Crippen molar-refractivity contribution in [3.05, 3.63) is 11.6 Å². The van der Waals surface area contributed by atoms with Crippen molar-refractivity contribution >= 4 is 5.97 Å². The number of alkyl halides is 3. The fourth-order valence-corrected chi connectivity index (χ4v) is 1.86. The Balaban J connectivity index is 2.60. The molecule has 0 bridgehead atoms. The molecule has 1 unspecified atom stereocenters. The third-order valence-corrected chi connectivity index (χ3v) is 2.63. The van der Waals surface area contributed by atoms with E-state index in [0.29, 0.717) is 18.4 Å². The van der Waals surface area contributed by atoms with Gasteiger partial charge in [-0.2, -0.15) is 13.2 Å². The lowest BCUT2D eigenvalue weighted by Crippen LogP contribution is -2.26. The van der Waals surface area contributed by atoms with Crippen molar-refractivity contribution in [1.82, 2.24) is 0 Å². The minimum absolute atomic E-state index is 0.0671. The summed E-state index contributed by atoms with van der Waals surface area (Å²) in [6, 6.07) is 0. The van der Waals surface area contributed by atoms with Crippen molar-refractivity contribution in [2.45, 2.75) is 38.8 Å². The first-order chi connectivity index (χ1) is 7.43. The van der Waals surface area contributed by atoms with Gasteiger partial charge in [-0.15, -0.1) is 0 Å². The molecule has 0 aromatic rings. The van der Waals surface area contributed by atoms with Crippen LogP contribution in [0.25, 0.3) is 0 Å². The van der Waals surface area contributed by atoms with Crippen LogP contribution < -0.4 is 0 Å². The molecule has 1 fully saturated rings. The van der Waals surface area contributed by atoms with Gasteiger partial charge in [0.25, 0.3) is 0 Å². The molecule has 1 rings (SSSR count). The zero-order valence-corrected chi connectivity index (χ0v) is 9.14. The number of rotatable bonds is 2. The second-order valence-electron chi connectivity index (χ2n) is 3.89. The van der Waals surface area contributed by atoms with Gasteiger partial charge in [0, 0.05) is 6.08 Å². The van der Waals surface area contributed by atoms with E-state index in [2.05, 4.69) is 4.74 Å². The van der Waals surface area contributed by atoms with Gasteiger partial charge < -0.3 is 4.74 Å². The molecule has 5 heteroatoms. The number of hydrogen-bond donors (Lipinski definition) is 0. The van der Waals surface area contributed by atoms with Gasteiger partial charge in [0.05, 0.1) is 12.5 Å². The van der Waals surface area contributed by atoms with Crippen LogP contribution in [0.5, 0.6) is 0 Å². The second kappa shape index (κ2) is 5.37. The highest BCUT2D eigenvalue weighted by atomic mass is 19.4. The molecule has 16 heavy (non-hydrogen) atoms. The summed E-state index contributed by atoms with van der Waals surface area (Å²) in [6.07, 6.45) is -1.82. The number of ether oxygens (including phenoxy) is 1. The minimum atomic E-state index is -4.16. The Hall–Kier alpha value is -1.00. The van der Waals surface area contributed by atoms with Crippen LogP contribution in [0.1, 0.15) is 32.6 Å². The lowest BCUT2D eigenvalue weighted by Gasteiger charge is -2.26. The third kappa shape index (κ3) is 3.87. The van der Waals surface area contributed by atoms with Crippen LogP contribution in [0.15, 0.2) is 11.6 Å². The summed E-state index contributed by atoms with van der Waals surface area (Å²) in [4.78, 5) is 11.1. The van der Waals surface area contributed by atoms with E-state index in [1.807, 2.05) is 0 Å². The Labute approximate surface area is 92.5 Å². The summed E-state index contributed by atoms with van der Waals surface area (Å²) in [6.45, 7) is 1.90. The van der Waals surface area contributed by atoms with E-state index >= 15 is 0 Å². The van der Waals surface area contributed by atoms with Crippen molar-refractivity contribution in [2.75, 3.05) is 6.61 Å². The van der Waals surface area contributed by atoms with Crippen molar-refractivity contribution in [2.24, 2.45) is 5.92 Å². The molecule has 0 aromatic heterocycles. The van der Waals surface area contributed by atoms with Gasteiger partial charge in [-0.05, 0) is 32.6 Å². The average molecular weight is 236 g/mol. The van der Waals surface area contributed by atoms with E-state index in [1.165, 1.54) is 6.08 Å². The van der Waals surface area contributed by atoms with Gasteiger partial charge >= 0.3 is 12.1 Å². The Kier molecular flexibility index (Phi) is 4.38. The molecule has 0 aromatic carbocycles. The first-order valence-electron chi connectivity index (χ1n) is 5.36. The highest BCUT2D eigenvalue weighted by Crippen LogP contribution is 2.39. The molecule has 0 heterocycles. The van der Waals surface area contributed by atoms with E-state index < -0.39 is 18.1 Å². The lowest BCUT2D eigenvalue weighted by atomic mass is 9.85. The maximum atomic E-state index is 12.5. The third-order valence-electron chi connectivity index (χ3n) is 2.63. The predicted octanol–water partition coefficient (Wildman–Crippen LogP) is 3.23. The van der Waals surface area contributed by atoms with E-state index in [1.54, 1.807) is 6.92 Å². The van der Waals surface area contributed by atoms with E-state index in [4.69, 9.17) is 0 Å². The summed E-state index contributed by atoms with van der Waals surface area (Å²) < 4.78 is 42.0. The van der Waals surface area contributed by atoms with Crippen LogP contribution in [-0.4, -0.2) is 18.8 Å². The number of allylic oxidation sites excluding steroid dienone is 1. The molecule has 0 radical (unpaired) electrons. The SMILES string of the molecule is CCOC(=O)C=C1CCCC(C(F)(F)F)C1. The molecule has 1 saturated carbocycles. The first-order valence-corrected chi connectivity index (χ1v) is 5.36. The first kappa shape index (κ1) is 13.1. The summed E-state index contributed by atoms with van der Waals surface area (Å²) in [7, 11) is 0. The number of esters is 1. The Morgan fingerprint density at radius 3 is 2.81 bits per heavy atom. The molecule has 0 saturated heterocycles. The zero-order chi connectivity index (χ0) is 12.2. The van der Waals surface area contributed by atoms with Gasteiger partial charge in [0.2, 0.25) is 0 Å². The average Bonchev–Trinajstić information content (AvgIpc) is 2.17. The molecule has 0 aliphatic heterocycles. The van der Waals surface area contributed by atoms with Crippen LogP contribution in [0.2, 0.25) is 0 Å². The van der Waals surface area contributed by atoms with Crippen LogP contribution in [-0.2, 0) is 9.53 Å². The Morgan fingerprint density at radius 1 is 1.56 bits per heavy atom. The predicted molar refractivity (Wildman–Crippen MR) is 52.7 cm³/mol. The largest absolute Gasteiger partial charge is 0.463 e. The molecule has 92 valence electrons. The smallest absolute Gasteiger partial charge is 0.392 e.